The number of thiocarbonyl (C=S) groups is 1. The summed E-state index contributed by atoms with van der Waals surface area (Å²) in [5.74, 6) is 0.803. The summed E-state index contributed by atoms with van der Waals surface area (Å²) in [5.41, 5.74) is 1.87. The number of benzene rings is 2. The summed E-state index contributed by atoms with van der Waals surface area (Å²) in [6.07, 6.45) is 0. The van der Waals surface area contributed by atoms with Crippen LogP contribution in [0.15, 0.2) is 42.5 Å². The van der Waals surface area contributed by atoms with E-state index in [0.29, 0.717) is 21.7 Å². The van der Waals surface area contributed by atoms with Crippen LogP contribution in [-0.2, 0) is 6.54 Å². The van der Waals surface area contributed by atoms with Crippen molar-refractivity contribution in [2.45, 2.75) is 6.54 Å². The van der Waals surface area contributed by atoms with Gasteiger partial charge >= 0.3 is 0 Å². The molecule has 0 unspecified atom stereocenters. The minimum Gasteiger partial charge on any atom is -0.497 e. The fraction of sp³-hybridized carbons (Fsp3) is 0.188. The number of anilines is 1. The van der Waals surface area contributed by atoms with Gasteiger partial charge in [0.1, 0.15) is 5.75 Å². The maximum absolute atomic E-state index is 6.18. The lowest BCUT2D eigenvalue weighted by Crippen LogP contribution is -2.30. The number of ether oxygens (including phenoxy) is 1. The average Bonchev–Trinajstić information content (AvgIpc) is 2.50. The van der Waals surface area contributed by atoms with Crippen LogP contribution in [0.3, 0.4) is 0 Å². The van der Waals surface area contributed by atoms with Crippen LogP contribution in [0.5, 0.6) is 5.75 Å². The van der Waals surface area contributed by atoms with E-state index in [0.717, 1.165) is 17.0 Å². The van der Waals surface area contributed by atoms with Crippen LogP contribution in [0.1, 0.15) is 5.56 Å². The number of halogens is 2. The average molecular weight is 355 g/mol. The van der Waals surface area contributed by atoms with E-state index in [-0.39, 0.29) is 0 Å². The Hall–Kier alpha value is -1.49. The molecule has 0 radical (unpaired) electrons. The van der Waals surface area contributed by atoms with Crippen molar-refractivity contribution in [3.8, 4) is 5.75 Å². The fourth-order valence-electron chi connectivity index (χ4n) is 1.87. The van der Waals surface area contributed by atoms with Crippen molar-refractivity contribution >= 4 is 46.2 Å². The summed E-state index contributed by atoms with van der Waals surface area (Å²) in [6.45, 7) is 0.595. The van der Waals surface area contributed by atoms with Crippen LogP contribution in [0, 0.1) is 0 Å². The number of rotatable bonds is 4. The van der Waals surface area contributed by atoms with Crippen molar-refractivity contribution in [1.82, 2.24) is 4.90 Å². The molecule has 0 atom stereocenters. The van der Waals surface area contributed by atoms with Gasteiger partial charge in [-0.2, -0.15) is 0 Å². The molecule has 2 rings (SSSR count). The standard InChI is InChI=1S/C16H16Cl2N2OS/c1-20(10-11-3-4-12(17)9-15(11)18)16(22)19-13-5-7-14(21-2)8-6-13/h3-9H,10H2,1-2H3,(H,19,22). The maximum Gasteiger partial charge on any atom is 0.173 e. The Bertz CT molecular complexity index is 662. The van der Waals surface area contributed by atoms with E-state index < -0.39 is 0 Å². The topological polar surface area (TPSA) is 24.5 Å². The highest BCUT2D eigenvalue weighted by Gasteiger charge is 2.09. The van der Waals surface area contributed by atoms with Gasteiger partial charge in [0.15, 0.2) is 5.11 Å². The molecule has 0 aliphatic rings. The number of nitrogens with one attached hydrogen (secondary N) is 1. The van der Waals surface area contributed by atoms with E-state index in [2.05, 4.69) is 5.32 Å². The zero-order valence-electron chi connectivity index (χ0n) is 12.3. The molecule has 22 heavy (non-hydrogen) atoms. The molecule has 0 fully saturated rings. The summed E-state index contributed by atoms with van der Waals surface area (Å²) in [5, 5.41) is 5.04. The Labute approximate surface area is 145 Å². The summed E-state index contributed by atoms with van der Waals surface area (Å²) in [6, 6.07) is 13.0. The van der Waals surface area contributed by atoms with Gasteiger partial charge in [-0.1, -0.05) is 29.3 Å². The highest BCUT2D eigenvalue weighted by atomic mass is 35.5. The van der Waals surface area contributed by atoms with Gasteiger partial charge < -0.3 is 15.0 Å². The Kier molecular flexibility index (Phi) is 5.89. The van der Waals surface area contributed by atoms with Gasteiger partial charge in [0, 0.05) is 29.3 Å². The first-order valence-corrected chi connectivity index (χ1v) is 7.76. The smallest absolute Gasteiger partial charge is 0.173 e. The van der Waals surface area contributed by atoms with Crippen molar-refractivity contribution < 1.29 is 4.74 Å². The molecule has 116 valence electrons. The van der Waals surface area contributed by atoms with E-state index in [1.807, 2.05) is 48.3 Å². The summed E-state index contributed by atoms with van der Waals surface area (Å²) in [7, 11) is 3.54. The molecule has 2 aromatic rings. The molecule has 0 bridgehead atoms. The van der Waals surface area contributed by atoms with Gasteiger partial charge in [0.05, 0.1) is 7.11 Å². The molecule has 2 aromatic carbocycles. The van der Waals surface area contributed by atoms with Crippen LogP contribution in [-0.4, -0.2) is 24.2 Å². The molecule has 3 nitrogen and oxygen atoms in total. The third kappa shape index (κ3) is 4.50. The molecular formula is C16H16Cl2N2OS. The van der Waals surface area contributed by atoms with Gasteiger partial charge in [-0.3, -0.25) is 0 Å². The third-order valence-electron chi connectivity index (χ3n) is 3.11. The Morgan fingerprint density at radius 3 is 2.45 bits per heavy atom. The largest absolute Gasteiger partial charge is 0.497 e. The molecule has 0 aromatic heterocycles. The number of hydrogen-bond donors (Lipinski definition) is 1. The number of methoxy groups -OCH3 is 1. The summed E-state index contributed by atoms with van der Waals surface area (Å²) < 4.78 is 5.13. The molecule has 0 saturated heterocycles. The number of nitrogens with zero attached hydrogens (tertiary/aromatic N) is 1. The van der Waals surface area contributed by atoms with Gasteiger partial charge in [-0.05, 0) is 54.2 Å². The minimum absolute atomic E-state index is 0.595. The van der Waals surface area contributed by atoms with Gasteiger partial charge in [-0.15, -0.1) is 0 Å². The lowest BCUT2D eigenvalue weighted by molar-refractivity contribution is 0.415. The Morgan fingerprint density at radius 1 is 1.18 bits per heavy atom. The summed E-state index contributed by atoms with van der Waals surface area (Å²) in [4.78, 5) is 1.91. The second kappa shape index (κ2) is 7.68. The molecule has 0 aliphatic carbocycles. The molecule has 0 amide bonds. The number of hydrogen-bond acceptors (Lipinski definition) is 2. The molecule has 0 spiro atoms. The zero-order chi connectivity index (χ0) is 16.1. The van der Waals surface area contributed by atoms with E-state index in [4.69, 9.17) is 40.2 Å². The summed E-state index contributed by atoms with van der Waals surface area (Å²) >= 11 is 17.5. The van der Waals surface area contributed by atoms with Crippen LogP contribution < -0.4 is 10.1 Å². The Morgan fingerprint density at radius 2 is 1.86 bits per heavy atom. The lowest BCUT2D eigenvalue weighted by atomic mass is 10.2. The second-order valence-electron chi connectivity index (χ2n) is 4.75. The van der Waals surface area contributed by atoms with E-state index in [1.165, 1.54) is 0 Å². The molecule has 1 N–H and O–H groups in total. The quantitative estimate of drug-likeness (QED) is 0.794. The van der Waals surface area contributed by atoms with E-state index in [9.17, 15) is 0 Å². The van der Waals surface area contributed by atoms with Crippen LogP contribution in [0.2, 0.25) is 10.0 Å². The highest BCUT2D eigenvalue weighted by molar-refractivity contribution is 7.80. The monoisotopic (exact) mass is 354 g/mol. The SMILES string of the molecule is COc1ccc(NC(=S)N(C)Cc2ccc(Cl)cc2Cl)cc1. The first-order chi connectivity index (χ1) is 10.5. The van der Waals surface area contributed by atoms with Crippen molar-refractivity contribution in [2.24, 2.45) is 0 Å². The normalized spacial score (nSPS) is 10.2. The first kappa shape index (κ1) is 16.9. The van der Waals surface area contributed by atoms with Crippen LogP contribution >= 0.6 is 35.4 Å². The van der Waals surface area contributed by atoms with Crippen molar-refractivity contribution in [3.05, 3.63) is 58.1 Å². The molecule has 0 aliphatic heterocycles. The van der Waals surface area contributed by atoms with Crippen molar-refractivity contribution in [2.75, 3.05) is 19.5 Å². The third-order valence-corrected chi connectivity index (χ3v) is 4.11. The Balaban J connectivity index is 1.99. The predicted molar refractivity (Wildman–Crippen MR) is 97.1 cm³/mol. The van der Waals surface area contributed by atoms with Crippen molar-refractivity contribution in [3.63, 3.8) is 0 Å². The maximum atomic E-state index is 6.18. The van der Waals surface area contributed by atoms with Crippen LogP contribution in [0.4, 0.5) is 5.69 Å². The fourth-order valence-corrected chi connectivity index (χ4v) is 2.52. The predicted octanol–water partition coefficient (Wildman–Crippen LogP) is 4.83. The second-order valence-corrected chi connectivity index (χ2v) is 5.98. The van der Waals surface area contributed by atoms with Crippen molar-refractivity contribution in [1.29, 1.82) is 0 Å². The lowest BCUT2D eigenvalue weighted by Gasteiger charge is -2.22. The molecular weight excluding hydrogens is 339 g/mol. The molecule has 0 saturated carbocycles. The van der Waals surface area contributed by atoms with Gasteiger partial charge in [-0.25, -0.2) is 0 Å². The molecule has 0 heterocycles. The zero-order valence-corrected chi connectivity index (χ0v) is 14.6. The minimum atomic E-state index is 0.595. The van der Waals surface area contributed by atoms with Gasteiger partial charge in [0.25, 0.3) is 0 Å². The van der Waals surface area contributed by atoms with Crippen LogP contribution in [0.25, 0.3) is 0 Å². The van der Waals surface area contributed by atoms with Gasteiger partial charge in [0.2, 0.25) is 0 Å². The van der Waals surface area contributed by atoms with E-state index >= 15 is 0 Å². The highest BCUT2D eigenvalue weighted by Crippen LogP contribution is 2.22. The first-order valence-electron chi connectivity index (χ1n) is 6.59. The van der Waals surface area contributed by atoms with E-state index in [1.54, 1.807) is 13.2 Å². The molecule has 6 heteroatoms.